The molecule has 0 spiro atoms. The number of aryl methyl sites for hydroxylation is 2. The number of nitrogens with one attached hydrogen (secondary N) is 1. The van der Waals surface area contributed by atoms with Gasteiger partial charge in [0.1, 0.15) is 0 Å². The second-order valence-electron chi connectivity index (χ2n) is 4.57. The average molecular weight is 261 g/mol. The van der Waals surface area contributed by atoms with Crippen molar-refractivity contribution in [1.29, 1.82) is 0 Å². The third-order valence-corrected chi connectivity index (χ3v) is 3.97. The van der Waals surface area contributed by atoms with E-state index in [0.29, 0.717) is 0 Å². The lowest BCUT2D eigenvalue weighted by Crippen LogP contribution is -2.07. The van der Waals surface area contributed by atoms with Crippen molar-refractivity contribution in [3.05, 3.63) is 51.7 Å². The standard InChI is InChI=1S/C15H19NOS/c1-11-5-6-12(2)13(10-11)16-8-7-14(17)15-4-3-9-18-15/h3-6,9-10,14,16-17H,7-8H2,1-2H3. The monoisotopic (exact) mass is 261 g/mol. The number of hydrogen-bond acceptors (Lipinski definition) is 3. The molecule has 0 bridgehead atoms. The van der Waals surface area contributed by atoms with Crippen molar-refractivity contribution in [2.75, 3.05) is 11.9 Å². The zero-order chi connectivity index (χ0) is 13.0. The number of benzene rings is 1. The van der Waals surface area contributed by atoms with Gasteiger partial charge in [0.2, 0.25) is 0 Å². The zero-order valence-electron chi connectivity index (χ0n) is 10.8. The molecule has 2 aromatic rings. The minimum Gasteiger partial charge on any atom is -0.388 e. The van der Waals surface area contributed by atoms with E-state index in [9.17, 15) is 5.11 Å². The molecule has 2 N–H and O–H groups in total. The quantitative estimate of drug-likeness (QED) is 0.855. The largest absolute Gasteiger partial charge is 0.388 e. The Labute approximate surface area is 112 Å². The molecule has 0 aliphatic heterocycles. The number of anilines is 1. The lowest BCUT2D eigenvalue weighted by atomic mass is 10.1. The Hall–Kier alpha value is -1.32. The highest BCUT2D eigenvalue weighted by atomic mass is 32.1. The maximum absolute atomic E-state index is 9.98. The van der Waals surface area contributed by atoms with Crippen LogP contribution < -0.4 is 5.32 Å². The van der Waals surface area contributed by atoms with Gasteiger partial charge in [-0.15, -0.1) is 11.3 Å². The van der Waals surface area contributed by atoms with E-state index in [1.807, 2.05) is 17.5 Å². The van der Waals surface area contributed by atoms with E-state index in [4.69, 9.17) is 0 Å². The highest BCUT2D eigenvalue weighted by Gasteiger charge is 2.08. The molecular weight excluding hydrogens is 242 g/mol. The van der Waals surface area contributed by atoms with Crippen LogP contribution in [0.1, 0.15) is 28.5 Å². The third kappa shape index (κ3) is 3.34. The summed E-state index contributed by atoms with van der Waals surface area (Å²) in [6, 6.07) is 10.3. The van der Waals surface area contributed by atoms with Gasteiger partial charge >= 0.3 is 0 Å². The maximum atomic E-state index is 9.98. The second-order valence-corrected chi connectivity index (χ2v) is 5.54. The van der Waals surface area contributed by atoms with E-state index in [-0.39, 0.29) is 6.10 Å². The molecule has 0 aliphatic carbocycles. The summed E-state index contributed by atoms with van der Waals surface area (Å²) in [6.07, 6.45) is 0.371. The molecule has 0 saturated heterocycles. The number of aliphatic hydroxyl groups is 1. The molecule has 2 nitrogen and oxygen atoms in total. The predicted molar refractivity (Wildman–Crippen MR) is 78.3 cm³/mol. The molecule has 18 heavy (non-hydrogen) atoms. The average Bonchev–Trinajstić information content (AvgIpc) is 2.87. The van der Waals surface area contributed by atoms with Gasteiger partial charge in [0.15, 0.2) is 0 Å². The van der Waals surface area contributed by atoms with Gasteiger partial charge in [-0.05, 0) is 48.9 Å². The Morgan fingerprint density at radius 3 is 2.83 bits per heavy atom. The topological polar surface area (TPSA) is 32.3 Å². The van der Waals surface area contributed by atoms with E-state index >= 15 is 0 Å². The van der Waals surface area contributed by atoms with Crippen LogP contribution in [0.4, 0.5) is 5.69 Å². The summed E-state index contributed by atoms with van der Waals surface area (Å²) in [6.45, 7) is 4.96. The first-order chi connectivity index (χ1) is 8.66. The van der Waals surface area contributed by atoms with Crippen LogP contribution in [0.2, 0.25) is 0 Å². The molecule has 1 aromatic carbocycles. The van der Waals surface area contributed by atoms with E-state index in [1.54, 1.807) is 11.3 Å². The van der Waals surface area contributed by atoms with Crippen molar-refractivity contribution in [3.63, 3.8) is 0 Å². The van der Waals surface area contributed by atoms with Crippen molar-refractivity contribution in [1.82, 2.24) is 0 Å². The summed E-state index contributed by atoms with van der Waals surface area (Å²) >= 11 is 1.61. The van der Waals surface area contributed by atoms with E-state index in [2.05, 4.69) is 37.4 Å². The molecule has 0 aliphatic rings. The Morgan fingerprint density at radius 2 is 2.11 bits per heavy atom. The molecule has 1 heterocycles. The lowest BCUT2D eigenvalue weighted by molar-refractivity contribution is 0.175. The van der Waals surface area contributed by atoms with Gasteiger partial charge in [0.25, 0.3) is 0 Å². The summed E-state index contributed by atoms with van der Waals surface area (Å²) in [7, 11) is 0. The van der Waals surface area contributed by atoms with Gasteiger partial charge in [-0.3, -0.25) is 0 Å². The summed E-state index contributed by atoms with van der Waals surface area (Å²) in [5.74, 6) is 0. The van der Waals surface area contributed by atoms with Gasteiger partial charge in [0.05, 0.1) is 6.10 Å². The fourth-order valence-electron chi connectivity index (χ4n) is 1.89. The SMILES string of the molecule is Cc1ccc(C)c(NCCC(O)c2cccs2)c1. The van der Waals surface area contributed by atoms with Crippen LogP contribution in [0.3, 0.4) is 0 Å². The minimum absolute atomic E-state index is 0.359. The predicted octanol–water partition coefficient (Wildman–Crippen LogP) is 3.90. The van der Waals surface area contributed by atoms with Crippen molar-refractivity contribution in [2.45, 2.75) is 26.4 Å². The Kier molecular flexibility index (Phi) is 4.39. The molecule has 1 unspecified atom stereocenters. The molecule has 3 heteroatoms. The van der Waals surface area contributed by atoms with Gasteiger partial charge in [-0.1, -0.05) is 18.2 Å². The van der Waals surface area contributed by atoms with Crippen LogP contribution in [-0.2, 0) is 0 Å². The van der Waals surface area contributed by atoms with Gasteiger partial charge < -0.3 is 10.4 Å². The number of hydrogen-bond donors (Lipinski definition) is 2. The van der Waals surface area contributed by atoms with E-state index < -0.39 is 0 Å². The fraction of sp³-hybridized carbons (Fsp3) is 0.333. The van der Waals surface area contributed by atoms with Gasteiger partial charge in [0, 0.05) is 17.1 Å². The first-order valence-electron chi connectivity index (χ1n) is 6.19. The lowest BCUT2D eigenvalue weighted by Gasteiger charge is -2.12. The van der Waals surface area contributed by atoms with E-state index in [1.165, 1.54) is 11.1 Å². The molecule has 0 radical (unpaired) electrons. The van der Waals surface area contributed by atoms with Gasteiger partial charge in [-0.25, -0.2) is 0 Å². The molecule has 1 atom stereocenters. The van der Waals surface area contributed by atoms with Crippen LogP contribution in [0.5, 0.6) is 0 Å². The van der Waals surface area contributed by atoms with Crippen LogP contribution in [0.15, 0.2) is 35.7 Å². The highest BCUT2D eigenvalue weighted by Crippen LogP contribution is 2.22. The fourth-order valence-corrected chi connectivity index (χ4v) is 2.64. The smallest absolute Gasteiger partial charge is 0.0898 e. The first kappa shape index (κ1) is 13.1. The maximum Gasteiger partial charge on any atom is 0.0898 e. The Morgan fingerprint density at radius 1 is 1.28 bits per heavy atom. The molecule has 0 amide bonds. The molecule has 0 saturated carbocycles. The van der Waals surface area contributed by atoms with Crippen LogP contribution in [0.25, 0.3) is 0 Å². The Balaban J connectivity index is 1.87. The van der Waals surface area contributed by atoms with Crippen molar-refractivity contribution >= 4 is 17.0 Å². The normalized spacial score (nSPS) is 12.4. The molecule has 0 fully saturated rings. The van der Waals surface area contributed by atoms with Crippen LogP contribution >= 0.6 is 11.3 Å². The minimum atomic E-state index is -0.359. The van der Waals surface area contributed by atoms with Crippen molar-refractivity contribution < 1.29 is 5.11 Å². The van der Waals surface area contributed by atoms with Crippen LogP contribution in [0, 0.1) is 13.8 Å². The molecule has 96 valence electrons. The summed E-state index contributed by atoms with van der Waals surface area (Å²) in [5, 5.41) is 15.4. The summed E-state index contributed by atoms with van der Waals surface area (Å²) in [4.78, 5) is 1.04. The number of aliphatic hydroxyl groups excluding tert-OH is 1. The number of thiophene rings is 1. The first-order valence-corrected chi connectivity index (χ1v) is 7.07. The zero-order valence-corrected chi connectivity index (χ0v) is 11.6. The number of rotatable bonds is 5. The Bertz CT molecular complexity index is 493. The molecule has 2 rings (SSSR count). The van der Waals surface area contributed by atoms with Gasteiger partial charge in [-0.2, -0.15) is 0 Å². The molecule has 1 aromatic heterocycles. The molecular formula is C15H19NOS. The summed E-state index contributed by atoms with van der Waals surface area (Å²) in [5.41, 5.74) is 3.65. The highest BCUT2D eigenvalue weighted by molar-refractivity contribution is 7.10. The van der Waals surface area contributed by atoms with Crippen LogP contribution in [-0.4, -0.2) is 11.7 Å². The summed E-state index contributed by atoms with van der Waals surface area (Å²) < 4.78 is 0. The second kappa shape index (κ2) is 6.03. The van der Waals surface area contributed by atoms with E-state index in [0.717, 1.165) is 23.5 Å². The van der Waals surface area contributed by atoms with Crippen molar-refractivity contribution in [2.24, 2.45) is 0 Å². The van der Waals surface area contributed by atoms with Crippen molar-refractivity contribution in [3.8, 4) is 0 Å². The third-order valence-electron chi connectivity index (χ3n) is 3.00.